The molecule has 1 aromatic carbocycles. The zero-order valence-corrected chi connectivity index (χ0v) is 13.4. The number of methoxy groups -OCH3 is 2. The number of ether oxygens (including phenoxy) is 2. The number of benzene rings is 1. The van der Waals surface area contributed by atoms with Crippen molar-refractivity contribution in [2.75, 3.05) is 27.3 Å². The Morgan fingerprint density at radius 2 is 1.90 bits per heavy atom. The Bertz CT molecular complexity index is 462. The Morgan fingerprint density at radius 3 is 2.38 bits per heavy atom. The third-order valence-electron chi connectivity index (χ3n) is 4.21. The summed E-state index contributed by atoms with van der Waals surface area (Å²) in [7, 11) is 3.11. The molecule has 0 heterocycles. The van der Waals surface area contributed by atoms with Gasteiger partial charge in [-0.15, -0.1) is 0 Å². The van der Waals surface area contributed by atoms with Gasteiger partial charge in [0.2, 0.25) is 0 Å². The molecule has 0 atom stereocenters. The molecular formula is C16H26N2O3. The lowest BCUT2D eigenvalue weighted by Gasteiger charge is -2.30. The zero-order valence-electron chi connectivity index (χ0n) is 13.4. The molecule has 3 N–H and O–H groups in total. The first kappa shape index (κ1) is 17.3. The van der Waals surface area contributed by atoms with E-state index in [0.29, 0.717) is 30.2 Å². The summed E-state index contributed by atoms with van der Waals surface area (Å²) in [6.45, 7) is 5.29. The summed E-state index contributed by atoms with van der Waals surface area (Å²) in [6.07, 6.45) is 1.85. The maximum absolute atomic E-state index is 12.4. The summed E-state index contributed by atoms with van der Waals surface area (Å²) in [5.74, 6) is 0.974. The third kappa shape index (κ3) is 4.11. The lowest BCUT2D eigenvalue weighted by atomic mass is 9.82. The molecule has 0 bridgehead atoms. The first-order valence-corrected chi connectivity index (χ1v) is 7.26. The number of rotatable bonds is 8. The fraction of sp³-hybridized carbons (Fsp3) is 0.562. The smallest absolute Gasteiger partial charge is 0.255 e. The highest BCUT2D eigenvalue weighted by molar-refractivity contribution is 5.97. The van der Waals surface area contributed by atoms with Crippen LogP contribution in [0.1, 0.15) is 37.0 Å². The number of hydrogen-bond acceptors (Lipinski definition) is 4. The summed E-state index contributed by atoms with van der Waals surface area (Å²) in [6, 6.07) is 5.16. The van der Waals surface area contributed by atoms with Crippen molar-refractivity contribution in [1.82, 2.24) is 5.32 Å². The van der Waals surface area contributed by atoms with E-state index >= 15 is 0 Å². The van der Waals surface area contributed by atoms with E-state index in [4.69, 9.17) is 15.2 Å². The van der Waals surface area contributed by atoms with Crippen LogP contribution < -0.4 is 20.5 Å². The normalized spacial score (nSPS) is 11.1. The SMILES string of the molecule is CCC(CC)(CN)CNC(=O)c1cc(OC)ccc1OC. The third-order valence-corrected chi connectivity index (χ3v) is 4.21. The summed E-state index contributed by atoms with van der Waals surface area (Å²) in [5.41, 5.74) is 6.27. The van der Waals surface area contributed by atoms with Crippen LogP contribution >= 0.6 is 0 Å². The molecule has 0 aliphatic heterocycles. The van der Waals surface area contributed by atoms with Gasteiger partial charge in [0.15, 0.2) is 0 Å². The van der Waals surface area contributed by atoms with Crippen molar-refractivity contribution >= 4 is 5.91 Å². The predicted molar refractivity (Wildman–Crippen MR) is 83.9 cm³/mol. The van der Waals surface area contributed by atoms with Crippen molar-refractivity contribution in [3.8, 4) is 11.5 Å². The second-order valence-electron chi connectivity index (χ2n) is 5.16. The molecule has 1 aromatic rings. The van der Waals surface area contributed by atoms with Gasteiger partial charge in [-0.25, -0.2) is 0 Å². The van der Waals surface area contributed by atoms with Crippen molar-refractivity contribution in [3.63, 3.8) is 0 Å². The van der Waals surface area contributed by atoms with Crippen LogP contribution in [0.5, 0.6) is 11.5 Å². The van der Waals surface area contributed by atoms with Gasteiger partial charge < -0.3 is 20.5 Å². The quantitative estimate of drug-likeness (QED) is 0.771. The van der Waals surface area contributed by atoms with Gasteiger partial charge in [-0.3, -0.25) is 4.79 Å². The minimum absolute atomic E-state index is 0.0538. The van der Waals surface area contributed by atoms with Gasteiger partial charge in [-0.05, 0) is 43.0 Å². The average Bonchev–Trinajstić information content (AvgIpc) is 2.55. The molecule has 118 valence electrons. The molecule has 0 saturated heterocycles. The molecule has 21 heavy (non-hydrogen) atoms. The lowest BCUT2D eigenvalue weighted by molar-refractivity contribution is 0.0924. The Hall–Kier alpha value is -1.75. The van der Waals surface area contributed by atoms with E-state index in [9.17, 15) is 4.79 Å². The van der Waals surface area contributed by atoms with E-state index in [1.807, 2.05) is 0 Å². The van der Waals surface area contributed by atoms with Crippen molar-refractivity contribution < 1.29 is 14.3 Å². The van der Waals surface area contributed by atoms with Crippen LogP contribution in [-0.4, -0.2) is 33.2 Å². The van der Waals surface area contributed by atoms with Crippen molar-refractivity contribution in [2.24, 2.45) is 11.1 Å². The van der Waals surface area contributed by atoms with Crippen LogP contribution in [0, 0.1) is 5.41 Å². The van der Waals surface area contributed by atoms with Crippen LogP contribution in [0.3, 0.4) is 0 Å². The van der Waals surface area contributed by atoms with Crippen molar-refractivity contribution in [3.05, 3.63) is 23.8 Å². The summed E-state index contributed by atoms with van der Waals surface area (Å²) in [4.78, 5) is 12.4. The number of amides is 1. The first-order chi connectivity index (χ1) is 10.1. The first-order valence-electron chi connectivity index (χ1n) is 7.26. The van der Waals surface area contributed by atoms with Gasteiger partial charge in [-0.1, -0.05) is 13.8 Å². The molecule has 1 rings (SSSR count). The molecule has 0 aliphatic carbocycles. The van der Waals surface area contributed by atoms with Crippen molar-refractivity contribution in [1.29, 1.82) is 0 Å². The molecule has 5 heteroatoms. The topological polar surface area (TPSA) is 73.6 Å². The second kappa shape index (κ2) is 7.88. The molecule has 5 nitrogen and oxygen atoms in total. The monoisotopic (exact) mass is 294 g/mol. The zero-order chi connectivity index (χ0) is 15.9. The van der Waals surface area contributed by atoms with E-state index in [1.54, 1.807) is 32.4 Å². The molecular weight excluding hydrogens is 268 g/mol. The van der Waals surface area contributed by atoms with Gasteiger partial charge in [0.25, 0.3) is 5.91 Å². The highest BCUT2D eigenvalue weighted by Gasteiger charge is 2.25. The van der Waals surface area contributed by atoms with Crippen LogP contribution in [0.4, 0.5) is 0 Å². The van der Waals surface area contributed by atoms with E-state index in [1.165, 1.54) is 0 Å². The lowest BCUT2D eigenvalue weighted by Crippen LogP contribution is -2.41. The maximum atomic E-state index is 12.4. The van der Waals surface area contributed by atoms with Gasteiger partial charge in [0.1, 0.15) is 11.5 Å². The van der Waals surface area contributed by atoms with E-state index in [2.05, 4.69) is 19.2 Å². The van der Waals surface area contributed by atoms with E-state index in [-0.39, 0.29) is 11.3 Å². The second-order valence-corrected chi connectivity index (χ2v) is 5.16. The van der Waals surface area contributed by atoms with Gasteiger partial charge >= 0.3 is 0 Å². The van der Waals surface area contributed by atoms with Crippen LogP contribution in [-0.2, 0) is 0 Å². The average molecular weight is 294 g/mol. The highest BCUT2D eigenvalue weighted by Crippen LogP contribution is 2.26. The largest absolute Gasteiger partial charge is 0.497 e. The standard InChI is InChI=1S/C16H26N2O3/c1-5-16(6-2,10-17)11-18-15(19)13-9-12(20-3)7-8-14(13)21-4/h7-9H,5-6,10-11,17H2,1-4H3,(H,18,19). The molecule has 0 aliphatic rings. The molecule has 0 radical (unpaired) electrons. The summed E-state index contributed by atoms with van der Waals surface area (Å²) < 4.78 is 10.4. The molecule has 1 amide bonds. The molecule has 0 fully saturated rings. The Kier molecular flexibility index (Phi) is 6.49. The number of carbonyl (C=O) groups excluding carboxylic acids is 1. The van der Waals surface area contributed by atoms with E-state index in [0.717, 1.165) is 12.8 Å². The number of carbonyl (C=O) groups is 1. The number of nitrogens with one attached hydrogen (secondary N) is 1. The Labute approximate surface area is 126 Å². The van der Waals surface area contributed by atoms with Crippen LogP contribution in [0.2, 0.25) is 0 Å². The van der Waals surface area contributed by atoms with Crippen LogP contribution in [0.15, 0.2) is 18.2 Å². The molecule has 0 unspecified atom stereocenters. The molecule has 0 spiro atoms. The van der Waals surface area contributed by atoms with Crippen molar-refractivity contribution in [2.45, 2.75) is 26.7 Å². The fourth-order valence-electron chi connectivity index (χ4n) is 2.22. The van der Waals surface area contributed by atoms with Gasteiger partial charge in [-0.2, -0.15) is 0 Å². The molecule has 0 aromatic heterocycles. The van der Waals surface area contributed by atoms with E-state index < -0.39 is 0 Å². The van der Waals surface area contributed by atoms with Gasteiger partial charge in [0.05, 0.1) is 19.8 Å². The fourth-order valence-corrected chi connectivity index (χ4v) is 2.22. The highest BCUT2D eigenvalue weighted by atomic mass is 16.5. The minimum atomic E-state index is -0.175. The Morgan fingerprint density at radius 1 is 1.24 bits per heavy atom. The Balaban J connectivity index is 2.88. The minimum Gasteiger partial charge on any atom is -0.497 e. The predicted octanol–water partition coefficient (Wildman–Crippen LogP) is 2.20. The number of nitrogens with two attached hydrogens (primary N) is 1. The van der Waals surface area contributed by atoms with Crippen LogP contribution in [0.25, 0.3) is 0 Å². The molecule has 0 saturated carbocycles. The summed E-state index contributed by atoms with van der Waals surface area (Å²) >= 11 is 0. The van der Waals surface area contributed by atoms with Gasteiger partial charge in [0, 0.05) is 6.54 Å². The summed E-state index contributed by atoms with van der Waals surface area (Å²) in [5, 5.41) is 2.96. The number of hydrogen-bond donors (Lipinski definition) is 2. The maximum Gasteiger partial charge on any atom is 0.255 e.